The highest BCUT2D eigenvalue weighted by Crippen LogP contribution is 2.31. The van der Waals surface area contributed by atoms with Gasteiger partial charge < -0.3 is 24.8 Å². The third-order valence-electron chi connectivity index (χ3n) is 6.01. The minimum Gasteiger partial charge on any atom is -0.482 e. The van der Waals surface area contributed by atoms with Crippen molar-refractivity contribution in [2.45, 2.75) is 19.9 Å². The number of carbonyl (C=O) groups excluding carboxylic acids is 2. The molecule has 0 spiro atoms. The Balaban J connectivity index is 1.41. The van der Waals surface area contributed by atoms with E-state index in [1.807, 2.05) is 38.2 Å². The van der Waals surface area contributed by atoms with Gasteiger partial charge in [-0.25, -0.2) is 0 Å². The van der Waals surface area contributed by atoms with Crippen LogP contribution >= 0.6 is 0 Å². The van der Waals surface area contributed by atoms with Crippen molar-refractivity contribution in [3.63, 3.8) is 0 Å². The zero-order chi connectivity index (χ0) is 23.5. The Kier molecular flexibility index (Phi) is 6.51. The van der Waals surface area contributed by atoms with Crippen LogP contribution in [0.1, 0.15) is 27.2 Å². The van der Waals surface area contributed by atoms with Gasteiger partial charge in [-0.15, -0.1) is 0 Å². The molecule has 0 aliphatic carbocycles. The molecule has 7 nitrogen and oxygen atoms in total. The number of hydrogen-bond acceptors (Lipinski definition) is 4. The lowest BCUT2D eigenvalue weighted by Gasteiger charge is -2.23. The van der Waals surface area contributed by atoms with E-state index < -0.39 is 0 Å². The number of nitrogens with zero attached hydrogens (tertiary/aromatic N) is 2. The predicted octanol–water partition coefficient (Wildman–Crippen LogP) is 3.70. The SMILES string of the molecule is COc1[nH]c(C)cc1C(=O)N(C)CCN(C)Cc1ccccc1-c1ccc2c(c1)CC(=O)N2. The van der Waals surface area contributed by atoms with Crippen molar-refractivity contribution in [3.8, 4) is 17.0 Å². The molecule has 2 amide bonds. The number of aryl methyl sites for hydroxylation is 1. The minimum atomic E-state index is -0.0636. The standard InChI is InChI=1S/C26H30N4O3/c1-17-13-22(25(27-17)33-4)26(32)30(3)12-11-29(2)16-19-7-5-6-8-21(19)18-9-10-23-20(14-18)15-24(31)28-23/h5-10,13-14,27H,11-12,15-16H2,1-4H3,(H,28,31). The van der Waals surface area contributed by atoms with Crippen molar-refractivity contribution in [1.29, 1.82) is 0 Å². The van der Waals surface area contributed by atoms with Crippen molar-refractivity contribution >= 4 is 17.5 Å². The summed E-state index contributed by atoms with van der Waals surface area (Å²) in [5.74, 6) is 0.477. The molecule has 4 rings (SSSR count). The minimum absolute atomic E-state index is 0.0428. The largest absolute Gasteiger partial charge is 0.482 e. The Morgan fingerprint density at radius 3 is 2.67 bits per heavy atom. The number of nitrogens with one attached hydrogen (secondary N) is 2. The average molecular weight is 447 g/mol. The lowest BCUT2D eigenvalue weighted by molar-refractivity contribution is -0.115. The third kappa shape index (κ3) is 4.93. The highest BCUT2D eigenvalue weighted by molar-refractivity contribution is 5.99. The zero-order valence-corrected chi connectivity index (χ0v) is 19.6. The first-order valence-corrected chi connectivity index (χ1v) is 11.0. The Labute approximate surface area is 194 Å². The van der Waals surface area contributed by atoms with E-state index in [1.54, 1.807) is 12.0 Å². The van der Waals surface area contributed by atoms with Crippen molar-refractivity contribution in [1.82, 2.24) is 14.8 Å². The number of ether oxygens (including phenoxy) is 1. The van der Waals surface area contributed by atoms with Crippen LogP contribution < -0.4 is 10.1 Å². The van der Waals surface area contributed by atoms with Crippen molar-refractivity contribution in [2.24, 2.45) is 0 Å². The molecule has 0 saturated heterocycles. The Hall–Kier alpha value is -3.58. The molecular formula is C26H30N4O3. The molecule has 2 heterocycles. The number of carbonyl (C=O) groups is 2. The van der Waals surface area contributed by atoms with E-state index in [1.165, 1.54) is 5.56 Å². The number of methoxy groups -OCH3 is 1. The van der Waals surface area contributed by atoms with Gasteiger partial charge >= 0.3 is 0 Å². The number of fused-ring (bicyclic) bond motifs is 1. The van der Waals surface area contributed by atoms with E-state index in [-0.39, 0.29) is 11.8 Å². The van der Waals surface area contributed by atoms with Gasteiger partial charge in [0.2, 0.25) is 11.8 Å². The summed E-state index contributed by atoms with van der Waals surface area (Å²) in [4.78, 5) is 31.5. The molecule has 0 unspecified atom stereocenters. The topological polar surface area (TPSA) is 77.7 Å². The lowest BCUT2D eigenvalue weighted by atomic mass is 9.97. The Morgan fingerprint density at radius 1 is 1.09 bits per heavy atom. The molecule has 0 radical (unpaired) electrons. The fourth-order valence-electron chi connectivity index (χ4n) is 4.22. The number of benzene rings is 2. The van der Waals surface area contributed by atoms with Gasteiger partial charge in [0.1, 0.15) is 5.56 Å². The lowest BCUT2D eigenvalue weighted by Crippen LogP contribution is -2.34. The summed E-state index contributed by atoms with van der Waals surface area (Å²) in [6.07, 6.45) is 0.428. The first kappa shape index (κ1) is 22.6. The van der Waals surface area contributed by atoms with Crippen LogP contribution in [0.15, 0.2) is 48.5 Å². The predicted molar refractivity (Wildman–Crippen MR) is 130 cm³/mol. The summed E-state index contributed by atoms with van der Waals surface area (Å²) in [6, 6.07) is 16.3. The number of rotatable bonds is 8. The van der Waals surface area contributed by atoms with Gasteiger partial charge in [-0.1, -0.05) is 30.3 Å². The number of aromatic amines is 1. The maximum Gasteiger partial charge on any atom is 0.259 e. The molecule has 0 saturated carbocycles. The molecule has 3 aromatic rings. The summed E-state index contributed by atoms with van der Waals surface area (Å²) in [7, 11) is 5.43. The fraction of sp³-hybridized carbons (Fsp3) is 0.308. The summed E-state index contributed by atoms with van der Waals surface area (Å²) in [5, 5.41) is 2.89. The van der Waals surface area contributed by atoms with Gasteiger partial charge in [-0.2, -0.15) is 0 Å². The number of aromatic nitrogens is 1. The number of anilines is 1. The molecule has 1 aliphatic heterocycles. The van der Waals surface area contributed by atoms with Gasteiger partial charge in [0.25, 0.3) is 5.91 Å². The molecule has 0 bridgehead atoms. The highest BCUT2D eigenvalue weighted by Gasteiger charge is 2.20. The van der Waals surface area contributed by atoms with Crippen LogP contribution in [0.4, 0.5) is 5.69 Å². The van der Waals surface area contributed by atoms with E-state index in [2.05, 4.69) is 46.5 Å². The third-order valence-corrected chi connectivity index (χ3v) is 6.01. The van der Waals surface area contributed by atoms with Crippen LogP contribution in [0.5, 0.6) is 5.88 Å². The molecule has 1 aromatic heterocycles. The van der Waals surface area contributed by atoms with Crippen LogP contribution in [0, 0.1) is 6.92 Å². The summed E-state index contributed by atoms with van der Waals surface area (Å²) < 4.78 is 5.29. The number of likely N-dealkylation sites (N-methyl/N-ethyl adjacent to an activating group) is 2. The van der Waals surface area contributed by atoms with Crippen molar-refractivity contribution in [3.05, 3.63) is 70.9 Å². The first-order valence-electron chi connectivity index (χ1n) is 11.0. The first-order chi connectivity index (χ1) is 15.9. The number of amides is 2. The second-order valence-corrected chi connectivity index (χ2v) is 8.62. The summed E-state index contributed by atoms with van der Waals surface area (Å²) in [6.45, 7) is 3.97. The fourth-order valence-corrected chi connectivity index (χ4v) is 4.22. The van der Waals surface area contributed by atoms with Gasteiger partial charge in [-0.3, -0.25) is 9.59 Å². The quantitative estimate of drug-likeness (QED) is 0.553. The highest BCUT2D eigenvalue weighted by atomic mass is 16.5. The molecule has 0 atom stereocenters. The average Bonchev–Trinajstić information content (AvgIpc) is 3.37. The molecular weight excluding hydrogens is 416 g/mol. The summed E-state index contributed by atoms with van der Waals surface area (Å²) >= 11 is 0. The monoisotopic (exact) mass is 446 g/mol. The van der Waals surface area contributed by atoms with Gasteiger partial charge in [0.15, 0.2) is 0 Å². The van der Waals surface area contributed by atoms with Crippen LogP contribution in [-0.4, -0.2) is 60.9 Å². The van der Waals surface area contributed by atoms with Gasteiger partial charge in [0.05, 0.1) is 13.5 Å². The summed E-state index contributed by atoms with van der Waals surface area (Å²) in [5.41, 5.74) is 6.85. The molecule has 0 fully saturated rings. The number of hydrogen-bond donors (Lipinski definition) is 2. The maximum absolute atomic E-state index is 12.8. The van der Waals surface area contributed by atoms with Crippen LogP contribution in [0.3, 0.4) is 0 Å². The van der Waals surface area contributed by atoms with E-state index in [4.69, 9.17) is 4.74 Å². The van der Waals surface area contributed by atoms with E-state index >= 15 is 0 Å². The van der Waals surface area contributed by atoms with E-state index in [0.29, 0.717) is 24.4 Å². The molecule has 2 N–H and O–H groups in total. The molecule has 2 aromatic carbocycles. The second-order valence-electron chi connectivity index (χ2n) is 8.62. The van der Waals surface area contributed by atoms with Crippen molar-refractivity contribution < 1.29 is 14.3 Å². The molecule has 1 aliphatic rings. The number of H-pyrrole nitrogens is 1. The Bertz CT molecular complexity index is 1180. The van der Waals surface area contributed by atoms with Gasteiger partial charge in [0, 0.05) is 38.1 Å². The molecule has 33 heavy (non-hydrogen) atoms. The second kappa shape index (κ2) is 9.50. The van der Waals surface area contributed by atoms with Crippen LogP contribution in [-0.2, 0) is 17.8 Å². The van der Waals surface area contributed by atoms with Crippen LogP contribution in [0.25, 0.3) is 11.1 Å². The van der Waals surface area contributed by atoms with Crippen LogP contribution in [0.2, 0.25) is 0 Å². The van der Waals surface area contributed by atoms with E-state index in [9.17, 15) is 9.59 Å². The van der Waals surface area contributed by atoms with Gasteiger partial charge in [-0.05, 0) is 54.4 Å². The van der Waals surface area contributed by atoms with Crippen molar-refractivity contribution in [2.75, 3.05) is 39.6 Å². The van der Waals surface area contributed by atoms with E-state index in [0.717, 1.165) is 41.2 Å². The normalized spacial score (nSPS) is 12.6. The molecule has 172 valence electrons. The Morgan fingerprint density at radius 2 is 1.88 bits per heavy atom. The maximum atomic E-state index is 12.8. The zero-order valence-electron chi connectivity index (χ0n) is 19.6. The smallest absolute Gasteiger partial charge is 0.259 e. The molecule has 7 heteroatoms.